The summed E-state index contributed by atoms with van der Waals surface area (Å²) in [7, 11) is -3.63. The molecule has 0 amide bonds. The molecule has 1 aliphatic rings. The van der Waals surface area contributed by atoms with E-state index < -0.39 is 10.0 Å². The molecule has 1 unspecified atom stereocenters. The molecule has 0 N–H and O–H groups in total. The summed E-state index contributed by atoms with van der Waals surface area (Å²) in [4.78, 5) is 12.5. The minimum Gasteiger partial charge on any atom is -0.459 e. The molecule has 0 saturated carbocycles. The number of ether oxygens (including phenoxy) is 1. The lowest BCUT2D eigenvalue weighted by molar-refractivity contribution is 0.119. The minimum absolute atomic E-state index is 0.0791. The quantitative estimate of drug-likeness (QED) is 0.763. The first-order valence-corrected chi connectivity index (χ1v) is 10.4. The maximum atomic E-state index is 12.9. The highest BCUT2D eigenvalue weighted by atomic mass is 32.2. The molecule has 2 aromatic rings. The molecule has 1 aliphatic heterocycles. The number of hydrogen-bond donors (Lipinski definition) is 0. The maximum Gasteiger partial charge on any atom is 0.316 e. The van der Waals surface area contributed by atoms with Gasteiger partial charge in [-0.1, -0.05) is 6.92 Å². The molecule has 1 atom stereocenters. The summed E-state index contributed by atoms with van der Waals surface area (Å²) < 4.78 is 34.8. The second-order valence-electron chi connectivity index (χ2n) is 6.73. The van der Waals surface area contributed by atoms with E-state index in [0.717, 1.165) is 24.8 Å². The van der Waals surface area contributed by atoms with E-state index >= 15 is 0 Å². The van der Waals surface area contributed by atoms with Gasteiger partial charge in [0.1, 0.15) is 6.10 Å². The first kappa shape index (κ1) is 18.8. The number of nitrogens with zero attached hydrogens (tertiary/aromatic N) is 5. The van der Waals surface area contributed by atoms with Gasteiger partial charge in [-0.05, 0) is 38.7 Å². The van der Waals surface area contributed by atoms with Gasteiger partial charge in [0.25, 0.3) is 10.0 Å². The third-order valence-corrected chi connectivity index (χ3v) is 6.23. The monoisotopic (exact) mass is 379 g/mol. The van der Waals surface area contributed by atoms with E-state index in [2.05, 4.69) is 15.0 Å². The Morgan fingerprint density at radius 1 is 1.27 bits per heavy atom. The molecule has 142 valence electrons. The fourth-order valence-corrected chi connectivity index (χ4v) is 4.25. The normalized spacial score (nSPS) is 19.0. The Kier molecular flexibility index (Phi) is 5.57. The van der Waals surface area contributed by atoms with Gasteiger partial charge in [-0.3, -0.25) is 0 Å². The summed E-state index contributed by atoms with van der Waals surface area (Å²) in [6, 6.07) is 0.447. The lowest BCUT2D eigenvalue weighted by Crippen LogP contribution is -2.44. The standard InChI is InChI=1S/C17H25N5O3S/c1-4-14-8-18-17(19-9-14)25-15-6-5-7-22(10-15)26(23,24)16-11-21(12-20-16)13(2)3/h8-9,11-13,15H,4-7,10H2,1-3H3. The van der Waals surface area contributed by atoms with Gasteiger partial charge >= 0.3 is 6.01 Å². The Morgan fingerprint density at radius 3 is 2.62 bits per heavy atom. The number of piperidine rings is 1. The van der Waals surface area contributed by atoms with Crippen molar-refractivity contribution in [2.75, 3.05) is 13.1 Å². The fraction of sp³-hybridized carbons (Fsp3) is 0.588. The fourth-order valence-electron chi connectivity index (χ4n) is 2.82. The van der Waals surface area contributed by atoms with Crippen molar-refractivity contribution in [1.82, 2.24) is 23.8 Å². The molecule has 9 heteroatoms. The third kappa shape index (κ3) is 4.04. The van der Waals surface area contributed by atoms with E-state index in [4.69, 9.17) is 4.74 Å². The first-order chi connectivity index (χ1) is 12.4. The van der Waals surface area contributed by atoms with E-state index in [1.54, 1.807) is 29.5 Å². The number of imidazole rings is 1. The van der Waals surface area contributed by atoms with Crippen LogP contribution in [0.2, 0.25) is 0 Å². The van der Waals surface area contributed by atoms with Gasteiger partial charge in [-0.15, -0.1) is 0 Å². The smallest absolute Gasteiger partial charge is 0.316 e. The van der Waals surface area contributed by atoms with Crippen LogP contribution in [0, 0.1) is 0 Å². The molecule has 2 aromatic heterocycles. The minimum atomic E-state index is -3.63. The lowest BCUT2D eigenvalue weighted by Gasteiger charge is -2.30. The van der Waals surface area contributed by atoms with Crippen molar-refractivity contribution < 1.29 is 13.2 Å². The molecule has 1 saturated heterocycles. The summed E-state index contributed by atoms with van der Waals surface area (Å²) in [5.74, 6) is 0. The maximum absolute atomic E-state index is 12.9. The molecule has 3 heterocycles. The van der Waals surface area contributed by atoms with Crippen LogP contribution < -0.4 is 4.74 Å². The molecule has 0 aromatic carbocycles. The van der Waals surface area contributed by atoms with Crippen molar-refractivity contribution in [3.63, 3.8) is 0 Å². The average molecular weight is 379 g/mol. The van der Waals surface area contributed by atoms with Crippen LogP contribution in [-0.4, -0.2) is 51.4 Å². The zero-order valence-corrected chi connectivity index (χ0v) is 16.2. The molecule has 0 aliphatic carbocycles. The second-order valence-corrected chi connectivity index (χ2v) is 8.61. The number of aromatic nitrogens is 4. The van der Waals surface area contributed by atoms with Crippen LogP contribution in [0.5, 0.6) is 6.01 Å². The Morgan fingerprint density at radius 2 is 2.00 bits per heavy atom. The summed E-state index contributed by atoms with van der Waals surface area (Å²) >= 11 is 0. The molecule has 26 heavy (non-hydrogen) atoms. The summed E-state index contributed by atoms with van der Waals surface area (Å²) in [5, 5.41) is 0.0791. The van der Waals surface area contributed by atoms with Crippen LogP contribution in [0.25, 0.3) is 0 Å². The predicted octanol–water partition coefficient (Wildman–Crippen LogP) is 2.05. The SMILES string of the molecule is CCc1cnc(OC2CCCN(S(=O)(=O)c3cn(C(C)C)cn3)C2)nc1. The van der Waals surface area contributed by atoms with Crippen molar-refractivity contribution in [2.24, 2.45) is 0 Å². The predicted molar refractivity (Wildman–Crippen MR) is 96.4 cm³/mol. The number of rotatable bonds is 6. The van der Waals surface area contributed by atoms with Crippen molar-refractivity contribution in [3.05, 3.63) is 30.5 Å². The summed E-state index contributed by atoms with van der Waals surface area (Å²) in [5.41, 5.74) is 1.03. The molecule has 3 rings (SSSR count). The van der Waals surface area contributed by atoms with E-state index in [0.29, 0.717) is 6.54 Å². The highest BCUT2D eigenvalue weighted by molar-refractivity contribution is 7.89. The van der Waals surface area contributed by atoms with Crippen LogP contribution in [-0.2, 0) is 16.4 Å². The Balaban J connectivity index is 1.70. The van der Waals surface area contributed by atoms with E-state index in [1.807, 2.05) is 20.8 Å². The van der Waals surface area contributed by atoms with Gasteiger partial charge in [0.2, 0.25) is 0 Å². The topological polar surface area (TPSA) is 90.2 Å². The van der Waals surface area contributed by atoms with Crippen LogP contribution in [0.3, 0.4) is 0 Å². The van der Waals surface area contributed by atoms with Crippen LogP contribution in [0.1, 0.15) is 45.2 Å². The molecule has 0 bridgehead atoms. The summed E-state index contributed by atoms with van der Waals surface area (Å²) in [6.07, 6.45) is 8.69. The highest BCUT2D eigenvalue weighted by Gasteiger charge is 2.33. The number of hydrogen-bond acceptors (Lipinski definition) is 6. The Bertz CT molecular complexity index is 832. The average Bonchev–Trinajstić information content (AvgIpc) is 3.14. The van der Waals surface area contributed by atoms with E-state index in [9.17, 15) is 8.42 Å². The van der Waals surface area contributed by atoms with Gasteiger partial charge in [0.15, 0.2) is 5.03 Å². The highest BCUT2D eigenvalue weighted by Crippen LogP contribution is 2.22. The molecular formula is C17H25N5O3S. The first-order valence-electron chi connectivity index (χ1n) is 8.91. The largest absolute Gasteiger partial charge is 0.459 e. The second kappa shape index (κ2) is 7.71. The molecule has 8 nitrogen and oxygen atoms in total. The Hall–Kier alpha value is -2.00. The number of aryl methyl sites for hydroxylation is 1. The van der Waals surface area contributed by atoms with E-state index in [-0.39, 0.29) is 29.7 Å². The Labute approximate surface area is 154 Å². The number of sulfonamides is 1. The van der Waals surface area contributed by atoms with Gasteiger partial charge in [0.05, 0.1) is 12.9 Å². The third-order valence-electron chi connectivity index (χ3n) is 4.48. The van der Waals surface area contributed by atoms with Crippen LogP contribution in [0.4, 0.5) is 0 Å². The van der Waals surface area contributed by atoms with Crippen molar-refractivity contribution >= 4 is 10.0 Å². The zero-order valence-electron chi connectivity index (χ0n) is 15.4. The van der Waals surface area contributed by atoms with Crippen LogP contribution in [0.15, 0.2) is 29.9 Å². The molecular weight excluding hydrogens is 354 g/mol. The van der Waals surface area contributed by atoms with Gasteiger partial charge in [-0.2, -0.15) is 4.31 Å². The zero-order chi connectivity index (χ0) is 18.7. The van der Waals surface area contributed by atoms with Gasteiger partial charge < -0.3 is 9.30 Å². The molecule has 1 fully saturated rings. The molecule has 0 spiro atoms. The molecule has 0 radical (unpaired) electrons. The van der Waals surface area contributed by atoms with Crippen molar-refractivity contribution in [1.29, 1.82) is 0 Å². The van der Waals surface area contributed by atoms with Gasteiger partial charge in [-0.25, -0.2) is 23.4 Å². The summed E-state index contributed by atoms with van der Waals surface area (Å²) in [6.45, 7) is 6.73. The van der Waals surface area contributed by atoms with Crippen molar-refractivity contribution in [2.45, 2.75) is 57.2 Å². The van der Waals surface area contributed by atoms with Crippen LogP contribution >= 0.6 is 0 Å². The van der Waals surface area contributed by atoms with Crippen molar-refractivity contribution in [3.8, 4) is 6.01 Å². The lowest BCUT2D eigenvalue weighted by atomic mass is 10.1. The van der Waals surface area contributed by atoms with E-state index in [1.165, 1.54) is 4.31 Å². The van der Waals surface area contributed by atoms with Gasteiger partial charge in [0, 0.05) is 31.2 Å².